The van der Waals surface area contributed by atoms with E-state index in [-0.39, 0.29) is 0 Å². The van der Waals surface area contributed by atoms with E-state index in [0.29, 0.717) is 0 Å². The molecule has 0 bridgehead atoms. The van der Waals surface area contributed by atoms with Gasteiger partial charge in [0.05, 0.1) is 0 Å². The fourth-order valence-corrected chi connectivity index (χ4v) is 2.25. The Morgan fingerprint density at radius 3 is 2.40 bits per heavy atom. The average molecular weight is 191 g/mol. The van der Waals surface area contributed by atoms with Crippen LogP contribution in [0.4, 0.5) is 5.69 Å². The Morgan fingerprint density at radius 2 is 1.60 bits per heavy atom. The van der Waals surface area contributed by atoms with Crippen LogP contribution in [-0.2, 0) is 6.42 Å². The summed E-state index contributed by atoms with van der Waals surface area (Å²) in [5.41, 5.74) is 12.6. The molecule has 1 aliphatic carbocycles. The van der Waals surface area contributed by atoms with E-state index in [0.717, 1.165) is 17.6 Å². The van der Waals surface area contributed by atoms with Crippen LogP contribution in [0.25, 0.3) is 11.1 Å². The van der Waals surface area contributed by atoms with Gasteiger partial charge in [-0.3, -0.25) is 0 Å². The number of hydrogen-bond donors (Lipinski definition) is 1. The number of benzene rings is 2. The lowest BCUT2D eigenvalue weighted by atomic mass is 9.92. The number of hydrogen-bond acceptors (Lipinski definition) is 1. The quantitative estimate of drug-likeness (QED) is 0.424. The zero-order chi connectivity index (χ0) is 10.4. The molecule has 0 heterocycles. The number of anilines is 1. The minimum Gasteiger partial charge on any atom is -0.399 e. The van der Waals surface area contributed by atoms with Crippen LogP contribution in [0.2, 0.25) is 0 Å². The minimum atomic E-state index is 0.828. The Labute approximate surface area is 90.3 Å². The van der Waals surface area contributed by atoms with Crippen LogP contribution >= 0.6 is 0 Å². The van der Waals surface area contributed by atoms with Crippen LogP contribution in [0, 0.1) is 0 Å². The van der Waals surface area contributed by atoms with Gasteiger partial charge in [-0.1, -0.05) is 29.7 Å². The minimum absolute atomic E-state index is 0.828. The lowest BCUT2D eigenvalue weighted by Gasteiger charge is -2.02. The molecule has 70 valence electrons. The molecule has 0 amide bonds. The predicted molar refractivity (Wildman–Crippen MR) is 64.5 cm³/mol. The standard InChI is InChI=1S/C13H10BN/c14-10-1-3-12-8(6-10)5-9-7-11(15)2-4-13(9)12/h1-4,6-7H,5,15H2. The Hall–Kier alpha value is -1.70. The van der Waals surface area contributed by atoms with Gasteiger partial charge in [-0.05, 0) is 40.8 Å². The number of nitrogens with two attached hydrogens (primary N) is 1. The number of rotatable bonds is 0. The summed E-state index contributed by atoms with van der Waals surface area (Å²) in [5.74, 6) is 0. The maximum Gasteiger partial charge on any atom is 0.113 e. The molecule has 0 spiro atoms. The largest absolute Gasteiger partial charge is 0.399 e. The first kappa shape index (κ1) is 8.60. The highest BCUT2D eigenvalue weighted by Gasteiger charge is 2.17. The molecular weight excluding hydrogens is 181 g/mol. The molecule has 2 radical (unpaired) electrons. The highest BCUT2D eigenvalue weighted by Crippen LogP contribution is 2.36. The molecule has 0 aliphatic heterocycles. The van der Waals surface area contributed by atoms with Crippen LogP contribution < -0.4 is 11.2 Å². The van der Waals surface area contributed by atoms with E-state index in [1.807, 2.05) is 24.3 Å². The van der Waals surface area contributed by atoms with Crippen molar-refractivity contribution in [2.45, 2.75) is 6.42 Å². The molecule has 2 heteroatoms. The second-order valence-electron chi connectivity index (χ2n) is 4.01. The van der Waals surface area contributed by atoms with Crippen molar-refractivity contribution in [3.63, 3.8) is 0 Å². The fourth-order valence-electron chi connectivity index (χ4n) is 2.25. The van der Waals surface area contributed by atoms with Crippen molar-refractivity contribution in [2.75, 3.05) is 5.73 Å². The molecule has 1 aliphatic rings. The first-order valence-corrected chi connectivity index (χ1v) is 5.01. The van der Waals surface area contributed by atoms with Crippen LogP contribution in [0.15, 0.2) is 36.4 Å². The van der Waals surface area contributed by atoms with Crippen molar-refractivity contribution in [2.24, 2.45) is 0 Å². The second kappa shape index (κ2) is 2.90. The molecule has 0 unspecified atom stereocenters. The summed E-state index contributed by atoms with van der Waals surface area (Å²) < 4.78 is 0. The summed E-state index contributed by atoms with van der Waals surface area (Å²) in [4.78, 5) is 0. The van der Waals surface area contributed by atoms with Gasteiger partial charge in [0, 0.05) is 5.69 Å². The molecule has 3 rings (SSSR count). The van der Waals surface area contributed by atoms with Crippen molar-refractivity contribution in [3.05, 3.63) is 47.5 Å². The van der Waals surface area contributed by atoms with Crippen molar-refractivity contribution in [3.8, 4) is 11.1 Å². The van der Waals surface area contributed by atoms with Crippen molar-refractivity contribution < 1.29 is 0 Å². The van der Waals surface area contributed by atoms with Crippen LogP contribution in [0.5, 0.6) is 0 Å². The van der Waals surface area contributed by atoms with E-state index in [9.17, 15) is 0 Å². The highest BCUT2D eigenvalue weighted by atomic mass is 14.5. The summed E-state index contributed by atoms with van der Waals surface area (Å²) in [6.07, 6.45) is 0.945. The lowest BCUT2D eigenvalue weighted by molar-refractivity contribution is 1.27. The first-order chi connectivity index (χ1) is 7.24. The van der Waals surface area contributed by atoms with E-state index in [1.165, 1.54) is 22.3 Å². The lowest BCUT2D eigenvalue weighted by Crippen LogP contribution is -2.01. The molecule has 1 nitrogen and oxygen atoms in total. The third-order valence-corrected chi connectivity index (χ3v) is 2.93. The number of nitrogen functional groups attached to an aromatic ring is 1. The van der Waals surface area contributed by atoms with E-state index in [1.54, 1.807) is 0 Å². The monoisotopic (exact) mass is 191 g/mol. The van der Waals surface area contributed by atoms with Gasteiger partial charge < -0.3 is 5.73 Å². The van der Waals surface area contributed by atoms with E-state index >= 15 is 0 Å². The summed E-state index contributed by atoms with van der Waals surface area (Å²) in [5, 5.41) is 0. The Morgan fingerprint density at radius 1 is 0.933 bits per heavy atom. The zero-order valence-corrected chi connectivity index (χ0v) is 8.33. The molecule has 0 saturated carbocycles. The normalized spacial score (nSPS) is 12.3. The van der Waals surface area contributed by atoms with Crippen LogP contribution in [0.1, 0.15) is 11.1 Å². The van der Waals surface area contributed by atoms with Crippen molar-refractivity contribution >= 4 is 19.0 Å². The SMILES string of the molecule is [B]c1ccc2c(c1)Cc1cc(N)ccc1-2. The van der Waals surface area contributed by atoms with E-state index in [4.69, 9.17) is 13.6 Å². The first-order valence-electron chi connectivity index (χ1n) is 5.01. The van der Waals surface area contributed by atoms with Gasteiger partial charge in [0.15, 0.2) is 0 Å². The van der Waals surface area contributed by atoms with Gasteiger partial charge >= 0.3 is 0 Å². The molecule has 2 aromatic rings. The molecule has 2 aromatic carbocycles. The maximum atomic E-state index is 5.77. The molecule has 15 heavy (non-hydrogen) atoms. The van der Waals surface area contributed by atoms with Gasteiger partial charge in [0.25, 0.3) is 0 Å². The van der Waals surface area contributed by atoms with Gasteiger partial charge in [-0.25, -0.2) is 0 Å². The summed E-state index contributed by atoms with van der Waals surface area (Å²) >= 11 is 0. The molecule has 0 fully saturated rings. The Balaban J connectivity index is 2.24. The highest BCUT2D eigenvalue weighted by molar-refractivity contribution is 6.32. The molecular formula is C13H10BN. The van der Waals surface area contributed by atoms with Gasteiger partial charge in [-0.15, -0.1) is 0 Å². The van der Waals surface area contributed by atoms with Gasteiger partial charge in [0.1, 0.15) is 7.85 Å². The summed E-state index contributed by atoms with van der Waals surface area (Å²) in [6, 6.07) is 12.2. The third kappa shape index (κ3) is 1.25. The summed E-state index contributed by atoms with van der Waals surface area (Å²) in [6.45, 7) is 0. The molecule has 0 saturated heterocycles. The number of fused-ring (bicyclic) bond motifs is 3. The second-order valence-corrected chi connectivity index (χ2v) is 4.01. The molecule has 2 N–H and O–H groups in total. The molecule has 0 atom stereocenters. The van der Waals surface area contributed by atoms with Crippen molar-refractivity contribution in [1.82, 2.24) is 0 Å². The fraction of sp³-hybridized carbons (Fsp3) is 0.0769. The Bertz CT molecular complexity index is 497. The van der Waals surface area contributed by atoms with E-state index in [2.05, 4.69) is 12.1 Å². The van der Waals surface area contributed by atoms with Crippen molar-refractivity contribution in [1.29, 1.82) is 0 Å². The predicted octanol–water partition coefficient (Wildman–Crippen LogP) is 1.63. The van der Waals surface area contributed by atoms with Gasteiger partial charge in [0.2, 0.25) is 0 Å². The smallest absolute Gasteiger partial charge is 0.113 e. The topological polar surface area (TPSA) is 26.0 Å². The van der Waals surface area contributed by atoms with Gasteiger partial charge in [-0.2, -0.15) is 0 Å². The summed E-state index contributed by atoms with van der Waals surface area (Å²) in [7, 11) is 5.77. The van der Waals surface area contributed by atoms with Crippen LogP contribution in [-0.4, -0.2) is 7.85 Å². The third-order valence-electron chi connectivity index (χ3n) is 2.93. The van der Waals surface area contributed by atoms with Crippen LogP contribution in [0.3, 0.4) is 0 Å². The molecule has 0 aromatic heterocycles. The van der Waals surface area contributed by atoms with E-state index < -0.39 is 0 Å². The average Bonchev–Trinajstić information content (AvgIpc) is 2.53. The Kier molecular flexibility index (Phi) is 1.66. The zero-order valence-electron chi connectivity index (χ0n) is 8.33. The maximum absolute atomic E-state index is 5.77.